The van der Waals surface area contributed by atoms with Crippen molar-refractivity contribution in [3.63, 3.8) is 0 Å². The van der Waals surface area contributed by atoms with E-state index in [4.69, 9.17) is 10.3 Å². The number of carbonyl (C=O) groups excluding carboxylic acids is 1. The van der Waals surface area contributed by atoms with Gasteiger partial charge in [0.15, 0.2) is 5.71 Å². The van der Waals surface area contributed by atoms with Crippen molar-refractivity contribution in [1.82, 2.24) is 5.32 Å². The molecule has 1 atom stereocenters. The second-order valence-corrected chi connectivity index (χ2v) is 15.6. The molecule has 0 saturated heterocycles. The fourth-order valence-corrected chi connectivity index (χ4v) is 8.49. The molecule has 56 heavy (non-hydrogen) atoms. The number of allylic oxidation sites excluding steroid dienone is 6. The van der Waals surface area contributed by atoms with Gasteiger partial charge in [-0.1, -0.05) is 122 Å². The summed E-state index contributed by atoms with van der Waals surface area (Å²) in [4.78, 5) is 19.8. The van der Waals surface area contributed by atoms with Crippen LogP contribution < -0.4 is 34.2 Å². The van der Waals surface area contributed by atoms with Crippen LogP contribution >= 0.6 is 0 Å². The molecule has 0 saturated carbocycles. The third kappa shape index (κ3) is 7.89. The molecule has 9 heteroatoms. The number of para-hydroxylation sites is 2. The molecular formula is C47H49IN6O2. The Bertz CT molecular complexity index is 2330. The van der Waals surface area contributed by atoms with Crippen LogP contribution in [0.2, 0.25) is 0 Å². The molecular weight excluding hydrogens is 807 g/mol. The quantitative estimate of drug-likeness (QED) is 0.0449. The van der Waals surface area contributed by atoms with Gasteiger partial charge in [0.1, 0.15) is 13.7 Å². The zero-order valence-electron chi connectivity index (χ0n) is 33.0. The minimum Gasteiger partial charge on any atom is -1.00 e. The van der Waals surface area contributed by atoms with E-state index in [-0.39, 0.29) is 53.4 Å². The molecule has 4 aromatic rings. The van der Waals surface area contributed by atoms with Crippen molar-refractivity contribution in [1.29, 1.82) is 0 Å². The summed E-state index contributed by atoms with van der Waals surface area (Å²) >= 11 is 0. The average Bonchev–Trinajstić information content (AvgIpc) is 3.51. The maximum atomic E-state index is 14.6. The number of rotatable bonds is 10. The smallest absolute Gasteiger partial charge is 0.339 e. The highest BCUT2D eigenvalue weighted by Gasteiger charge is 2.43. The Labute approximate surface area is 347 Å². The topological polar surface area (TPSA) is 93.3 Å². The fraction of sp³-hybridized carbons (Fsp3) is 0.277. The summed E-state index contributed by atoms with van der Waals surface area (Å²) in [6.45, 7) is 9.77. The molecule has 8 nitrogen and oxygen atoms in total. The second kappa shape index (κ2) is 16.9. The lowest BCUT2D eigenvalue weighted by molar-refractivity contribution is -0.401. The summed E-state index contributed by atoms with van der Waals surface area (Å²) < 4.78 is 8.42. The molecule has 3 aliphatic rings. The van der Waals surface area contributed by atoms with E-state index in [2.05, 4.69) is 164 Å². The fourth-order valence-electron chi connectivity index (χ4n) is 8.49. The van der Waals surface area contributed by atoms with E-state index < -0.39 is 0 Å². The van der Waals surface area contributed by atoms with E-state index in [9.17, 15) is 4.79 Å². The van der Waals surface area contributed by atoms with E-state index in [1.54, 1.807) is 12.1 Å². The first-order valence-electron chi connectivity index (χ1n) is 19.0. The van der Waals surface area contributed by atoms with Gasteiger partial charge in [-0.15, -0.1) is 0 Å². The van der Waals surface area contributed by atoms with Gasteiger partial charge >= 0.3 is 5.97 Å². The van der Waals surface area contributed by atoms with E-state index >= 15 is 0 Å². The van der Waals surface area contributed by atoms with Crippen LogP contribution in [0.3, 0.4) is 0 Å². The van der Waals surface area contributed by atoms with E-state index in [1.165, 1.54) is 28.1 Å². The van der Waals surface area contributed by atoms with E-state index in [0.29, 0.717) is 24.2 Å². The Balaban J connectivity index is 0.00000532. The van der Waals surface area contributed by atoms with E-state index in [0.717, 1.165) is 34.5 Å². The number of carbonyl (C=O) groups is 1. The molecule has 2 heterocycles. The summed E-state index contributed by atoms with van der Waals surface area (Å²) in [5.41, 5.74) is 20.6. The van der Waals surface area contributed by atoms with Crippen molar-refractivity contribution in [2.24, 2.45) is 5.11 Å². The van der Waals surface area contributed by atoms with Crippen LogP contribution in [-0.4, -0.2) is 36.4 Å². The van der Waals surface area contributed by atoms with Gasteiger partial charge in [-0.25, -0.2) is 4.79 Å². The molecule has 0 fully saturated rings. The Hall–Kier alpha value is -5.22. The third-order valence-electron chi connectivity index (χ3n) is 11.5. The number of anilines is 1. The largest absolute Gasteiger partial charge is 1.00 e. The lowest BCUT2D eigenvalue weighted by Crippen LogP contribution is -3.00. The SMILES string of the molecule is CN1C(=CC=C2C(C(=O)OCc3ccc(N=[N+]=[N-])cc3)=C(C=CC3=[N+](C)c4ccccc4C3(C)C)CCC2NCc2ccccc2)C(C)(C)c2ccccc21.[I-]. The summed E-state index contributed by atoms with van der Waals surface area (Å²) in [6, 6.07) is 34.5. The lowest BCUT2D eigenvalue weighted by Gasteiger charge is -2.30. The zero-order chi connectivity index (χ0) is 38.7. The number of ether oxygens (including phenoxy) is 1. The van der Waals surface area contributed by atoms with Gasteiger partial charge in [-0.2, -0.15) is 4.58 Å². The predicted octanol–water partition coefficient (Wildman–Crippen LogP) is 7.42. The third-order valence-corrected chi connectivity index (χ3v) is 11.5. The molecule has 0 spiro atoms. The molecule has 1 aliphatic carbocycles. The monoisotopic (exact) mass is 856 g/mol. The molecule has 0 aromatic heterocycles. The molecule has 0 radical (unpaired) electrons. The maximum Gasteiger partial charge on any atom is 0.339 e. The number of nitrogens with one attached hydrogen (secondary N) is 1. The average molecular weight is 857 g/mol. The number of azide groups is 1. The number of nitrogens with zero attached hydrogens (tertiary/aromatic N) is 5. The molecule has 286 valence electrons. The van der Waals surface area contributed by atoms with Crippen LogP contribution in [0, 0.1) is 0 Å². The number of halogens is 1. The summed E-state index contributed by atoms with van der Waals surface area (Å²) in [7, 11) is 4.23. The maximum absolute atomic E-state index is 14.6. The molecule has 7 rings (SSSR count). The second-order valence-electron chi connectivity index (χ2n) is 15.6. The highest BCUT2D eigenvalue weighted by atomic mass is 127. The van der Waals surface area contributed by atoms with Gasteiger partial charge in [0, 0.05) is 64.7 Å². The number of fused-ring (bicyclic) bond motifs is 2. The molecule has 0 amide bonds. The molecule has 4 aromatic carbocycles. The van der Waals surface area contributed by atoms with Crippen molar-refractivity contribution >= 4 is 28.7 Å². The van der Waals surface area contributed by atoms with Crippen LogP contribution in [0.25, 0.3) is 10.4 Å². The minimum atomic E-state index is -0.371. The van der Waals surface area contributed by atoms with Gasteiger partial charge in [0.05, 0.1) is 11.0 Å². The van der Waals surface area contributed by atoms with Gasteiger partial charge in [0.25, 0.3) is 0 Å². The molecule has 1 N–H and O–H groups in total. The van der Waals surface area contributed by atoms with Crippen LogP contribution in [0.4, 0.5) is 17.1 Å². The van der Waals surface area contributed by atoms with Crippen LogP contribution in [0.5, 0.6) is 0 Å². The minimum absolute atomic E-state index is 0. The van der Waals surface area contributed by atoms with Gasteiger partial charge < -0.3 is 38.9 Å². The van der Waals surface area contributed by atoms with Gasteiger partial charge in [0.2, 0.25) is 5.69 Å². The Morgan fingerprint density at radius 2 is 1.57 bits per heavy atom. The Kier molecular flexibility index (Phi) is 12.2. The Morgan fingerprint density at radius 3 is 2.27 bits per heavy atom. The summed E-state index contributed by atoms with van der Waals surface area (Å²) in [5.74, 6) is -0.371. The number of benzene rings is 4. The highest BCUT2D eigenvalue weighted by molar-refractivity contribution is 6.04. The Morgan fingerprint density at radius 1 is 0.893 bits per heavy atom. The first-order valence-corrected chi connectivity index (χ1v) is 19.0. The van der Waals surface area contributed by atoms with Crippen molar-refractivity contribution < 1.29 is 38.1 Å². The van der Waals surface area contributed by atoms with Crippen molar-refractivity contribution in [2.45, 2.75) is 70.6 Å². The normalized spacial score (nSPS) is 19.5. The van der Waals surface area contributed by atoms with Crippen LogP contribution in [0.15, 0.2) is 155 Å². The number of hydrogen-bond donors (Lipinski definition) is 1. The standard InChI is InChI=1S/C47H49N6O2.HI/c1-46(2)37-16-10-12-18-40(37)52(5)42(46)28-23-34-22-27-39(49-30-32-14-8-7-9-15-32)36(26-29-43-47(3,4)38-17-11-13-19-41(38)53(43)6)44(34)45(54)55-31-33-20-24-35(25-21-33)50-51-48;/h7-21,23-26,28-29,39,49H,22,27,30-31H2,1-6H3;1H/q+1;/p-1. The molecule has 0 bridgehead atoms. The highest BCUT2D eigenvalue weighted by Crippen LogP contribution is 2.47. The van der Waals surface area contributed by atoms with Crippen molar-refractivity contribution in [2.75, 3.05) is 19.0 Å². The van der Waals surface area contributed by atoms with E-state index in [1.807, 2.05) is 18.2 Å². The zero-order valence-corrected chi connectivity index (χ0v) is 35.1. The summed E-state index contributed by atoms with van der Waals surface area (Å²) in [5, 5.41) is 7.49. The lowest BCUT2D eigenvalue weighted by atomic mass is 9.79. The first-order chi connectivity index (χ1) is 26.5. The van der Waals surface area contributed by atoms with Gasteiger partial charge in [-0.05, 0) is 72.2 Å². The molecule has 2 aliphatic heterocycles. The molecule has 1 unspecified atom stereocenters. The first kappa shape index (κ1) is 40.4. The number of likely N-dealkylation sites (N-methyl/N-ethyl adjacent to an activating group) is 1. The van der Waals surface area contributed by atoms with Crippen molar-refractivity contribution in [3.05, 3.63) is 183 Å². The number of esters is 1. The van der Waals surface area contributed by atoms with Crippen molar-refractivity contribution in [3.8, 4) is 0 Å². The van der Waals surface area contributed by atoms with Crippen LogP contribution in [-0.2, 0) is 33.5 Å². The predicted molar refractivity (Wildman–Crippen MR) is 222 cm³/mol. The number of hydrogen-bond acceptors (Lipinski definition) is 5. The van der Waals surface area contributed by atoms with Crippen LogP contribution in [0.1, 0.15) is 62.8 Å². The summed E-state index contributed by atoms with van der Waals surface area (Å²) in [6.07, 6.45) is 10.2. The van der Waals surface area contributed by atoms with Gasteiger partial charge in [-0.3, -0.25) is 0 Å².